The number of halogens is 1. The predicted molar refractivity (Wildman–Crippen MR) is 125 cm³/mol. The summed E-state index contributed by atoms with van der Waals surface area (Å²) in [6.07, 6.45) is 4.24. The van der Waals surface area contributed by atoms with Crippen LogP contribution in [0.3, 0.4) is 0 Å². The van der Waals surface area contributed by atoms with E-state index in [0.717, 1.165) is 57.7 Å². The standard InChI is InChI=1S/C26H27ClN2/c1-18(2)6-5-15-28-19(3)22-10-7-21(8-11-22)9-14-25-20(4)29-17-23-12-13-24(27)16-26(23)25/h7-8,10-13,16-18,28H,3,5-6,15H2,1-2,4H3. The molecule has 0 saturated carbocycles. The van der Waals surface area contributed by atoms with Crippen molar-refractivity contribution in [3.63, 3.8) is 0 Å². The third-order valence-electron chi connectivity index (χ3n) is 4.91. The Morgan fingerprint density at radius 3 is 2.62 bits per heavy atom. The number of aryl methyl sites for hydroxylation is 1. The van der Waals surface area contributed by atoms with Crippen LogP contribution < -0.4 is 5.32 Å². The fourth-order valence-electron chi connectivity index (χ4n) is 3.18. The summed E-state index contributed by atoms with van der Waals surface area (Å²) in [5.41, 5.74) is 4.83. The first-order chi connectivity index (χ1) is 13.9. The van der Waals surface area contributed by atoms with E-state index in [1.807, 2.05) is 43.5 Å². The van der Waals surface area contributed by atoms with E-state index in [2.05, 4.69) is 54.7 Å². The lowest BCUT2D eigenvalue weighted by molar-refractivity contribution is 0.549. The van der Waals surface area contributed by atoms with Gasteiger partial charge in [0.05, 0.1) is 11.3 Å². The van der Waals surface area contributed by atoms with Crippen LogP contribution in [0.5, 0.6) is 0 Å². The Hall–Kier alpha value is -2.76. The molecule has 0 aliphatic carbocycles. The zero-order chi connectivity index (χ0) is 20.8. The van der Waals surface area contributed by atoms with Crippen LogP contribution in [-0.2, 0) is 0 Å². The van der Waals surface area contributed by atoms with E-state index in [1.54, 1.807) is 0 Å². The summed E-state index contributed by atoms with van der Waals surface area (Å²) in [6, 6.07) is 14.0. The van der Waals surface area contributed by atoms with E-state index in [1.165, 1.54) is 6.42 Å². The molecule has 0 aliphatic heterocycles. The molecular formula is C26H27ClN2. The Morgan fingerprint density at radius 1 is 1.14 bits per heavy atom. The van der Waals surface area contributed by atoms with Crippen LogP contribution in [0.25, 0.3) is 16.5 Å². The first-order valence-electron chi connectivity index (χ1n) is 10.0. The van der Waals surface area contributed by atoms with Crippen LogP contribution in [0.4, 0.5) is 0 Å². The van der Waals surface area contributed by atoms with E-state index in [0.29, 0.717) is 5.02 Å². The molecule has 3 aromatic rings. The van der Waals surface area contributed by atoms with E-state index < -0.39 is 0 Å². The molecule has 1 aromatic heterocycles. The highest BCUT2D eigenvalue weighted by molar-refractivity contribution is 6.31. The molecule has 0 spiro atoms. The SMILES string of the molecule is C=C(NCCCC(C)C)c1ccc(C#Cc2c(C)ncc3ccc(Cl)cc23)cc1. The van der Waals surface area contributed by atoms with Crippen molar-refractivity contribution in [1.29, 1.82) is 0 Å². The molecule has 1 N–H and O–H groups in total. The fraction of sp³-hybridized carbons (Fsp3) is 0.269. The first kappa shape index (κ1) is 21.0. The molecule has 0 saturated heterocycles. The maximum Gasteiger partial charge on any atom is 0.0540 e. The summed E-state index contributed by atoms with van der Waals surface area (Å²) in [5.74, 6) is 7.29. The Morgan fingerprint density at radius 2 is 1.90 bits per heavy atom. The largest absolute Gasteiger partial charge is 0.385 e. The monoisotopic (exact) mass is 402 g/mol. The number of benzene rings is 2. The molecule has 3 heteroatoms. The Bertz CT molecular complexity index is 1060. The van der Waals surface area contributed by atoms with Gasteiger partial charge in [0.25, 0.3) is 0 Å². The van der Waals surface area contributed by atoms with Gasteiger partial charge in [-0.05, 0) is 55.5 Å². The van der Waals surface area contributed by atoms with Crippen LogP contribution in [0.2, 0.25) is 5.02 Å². The summed E-state index contributed by atoms with van der Waals surface area (Å²) in [6.45, 7) is 11.6. The van der Waals surface area contributed by atoms with E-state index in [9.17, 15) is 0 Å². The van der Waals surface area contributed by atoms with Crippen molar-refractivity contribution in [3.05, 3.63) is 82.6 Å². The van der Waals surface area contributed by atoms with Crippen molar-refractivity contribution in [2.75, 3.05) is 6.54 Å². The number of pyridine rings is 1. The van der Waals surface area contributed by atoms with Crippen molar-refractivity contribution < 1.29 is 0 Å². The van der Waals surface area contributed by atoms with Gasteiger partial charge in [0.2, 0.25) is 0 Å². The summed E-state index contributed by atoms with van der Waals surface area (Å²) >= 11 is 6.19. The Kier molecular flexibility index (Phi) is 6.96. The van der Waals surface area contributed by atoms with E-state index in [4.69, 9.17) is 11.6 Å². The maximum atomic E-state index is 6.19. The van der Waals surface area contributed by atoms with Crippen LogP contribution in [0, 0.1) is 24.7 Å². The number of rotatable bonds is 6. The molecule has 3 rings (SSSR count). The molecule has 148 valence electrons. The van der Waals surface area contributed by atoms with Gasteiger partial charge in [-0.2, -0.15) is 0 Å². The van der Waals surface area contributed by atoms with Crippen LogP contribution in [0.1, 0.15) is 49.1 Å². The topological polar surface area (TPSA) is 24.9 Å². The molecule has 1 heterocycles. The lowest BCUT2D eigenvalue weighted by atomic mass is 10.0. The average molecular weight is 403 g/mol. The first-order valence-corrected chi connectivity index (χ1v) is 10.4. The molecule has 0 unspecified atom stereocenters. The minimum Gasteiger partial charge on any atom is -0.385 e. The van der Waals surface area contributed by atoms with E-state index in [-0.39, 0.29) is 0 Å². The zero-order valence-electron chi connectivity index (χ0n) is 17.3. The number of fused-ring (bicyclic) bond motifs is 1. The van der Waals surface area contributed by atoms with Crippen molar-refractivity contribution in [2.24, 2.45) is 5.92 Å². The van der Waals surface area contributed by atoms with E-state index >= 15 is 0 Å². The van der Waals surface area contributed by atoms with Crippen LogP contribution >= 0.6 is 11.6 Å². The van der Waals surface area contributed by atoms with Crippen molar-refractivity contribution in [3.8, 4) is 11.8 Å². The quantitative estimate of drug-likeness (QED) is 0.371. The van der Waals surface area contributed by atoms with Crippen LogP contribution in [-0.4, -0.2) is 11.5 Å². The molecule has 2 aromatic carbocycles. The van der Waals surface area contributed by atoms with Crippen molar-refractivity contribution >= 4 is 28.1 Å². The normalized spacial score (nSPS) is 10.7. The molecule has 0 fully saturated rings. The minimum absolute atomic E-state index is 0.704. The zero-order valence-corrected chi connectivity index (χ0v) is 18.1. The highest BCUT2D eigenvalue weighted by atomic mass is 35.5. The molecule has 0 bridgehead atoms. The fourth-order valence-corrected chi connectivity index (χ4v) is 3.35. The predicted octanol–water partition coefficient (Wildman–Crippen LogP) is 6.59. The Labute approximate surface area is 179 Å². The van der Waals surface area contributed by atoms with Crippen molar-refractivity contribution in [1.82, 2.24) is 10.3 Å². The molecule has 0 amide bonds. The van der Waals surface area contributed by atoms with Gasteiger partial charge in [-0.25, -0.2) is 0 Å². The van der Waals surface area contributed by atoms with Gasteiger partial charge < -0.3 is 5.32 Å². The maximum absolute atomic E-state index is 6.19. The van der Waals surface area contributed by atoms with Gasteiger partial charge in [0.15, 0.2) is 0 Å². The smallest absolute Gasteiger partial charge is 0.0540 e. The van der Waals surface area contributed by atoms with Gasteiger partial charge in [-0.15, -0.1) is 0 Å². The molecule has 29 heavy (non-hydrogen) atoms. The second kappa shape index (κ2) is 9.63. The van der Waals surface area contributed by atoms with Crippen molar-refractivity contribution in [2.45, 2.75) is 33.6 Å². The summed E-state index contributed by atoms with van der Waals surface area (Å²) in [4.78, 5) is 4.47. The van der Waals surface area contributed by atoms with Gasteiger partial charge in [0, 0.05) is 39.8 Å². The second-order valence-corrected chi connectivity index (χ2v) is 8.16. The number of nitrogens with zero attached hydrogens (tertiary/aromatic N) is 1. The summed E-state index contributed by atoms with van der Waals surface area (Å²) in [7, 11) is 0. The number of aromatic nitrogens is 1. The highest BCUT2D eigenvalue weighted by Gasteiger charge is 2.05. The van der Waals surface area contributed by atoms with Crippen LogP contribution in [0.15, 0.2) is 55.2 Å². The second-order valence-electron chi connectivity index (χ2n) is 7.72. The summed E-state index contributed by atoms with van der Waals surface area (Å²) < 4.78 is 0. The molecule has 0 radical (unpaired) electrons. The third kappa shape index (κ3) is 5.62. The molecular weight excluding hydrogens is 376 g/mol. The molecule has 0 aliphatic rings. The Balaban J connectivity index is 1.74. The average Bonchev–Trinajstić information content (AvgIpc) is 2.70. The summed E-state index contributed by atoms with van der Waals surface area (Å²) in [5, 5.41) is 6.19. The minimum atomic E-state index is 0.704. The molecule has 2 nitrogen and oxygen atoms in total. The molecule has 0 atom stereocenters. The van der Waals surface area contributed by atoms with Gasteiger partial charge in [0.1, 0.15) is 0 Å². The van der Waals surface area contributed by atoms with Gasteiger partial charge >= 0.3 is 0 Å². The highest BCUT2D eigenvalue weighted by Crippen LogP contribution is 2.23. The lowest BCUT2D eigenvalue weighted by Gasteiger charge is -2.10. The number of hydrogen-bond acceptors (Lipinski definition) is 2. The van der Waals surface area contributed by atoms with Gasteiger partial charge in [-0.3, -0.25) is 4.98 Å². The third-order valence-corrected chi connectivity index (χ3v) is 5.14. The number of nitrogens with one attached hydrogen (secondary N) is 1. The number of hydrogen-bond donors (Lipinski definition) is 1. The van der Waals surface area contributed by atoms with Gasteiger partial charge in [-0.1, -0.05) is 62.1 Å². The lowest BCUT2D eigenvalue weighted by Crippen LogP contribution is -2.13.